The summed E-state index contributed by atoms with van der Waals surface area (Å²) < 4.78 is 26.7. The third kappa shape index (κ3) is 6.50. The summed E-state index contributed by atoms with van der Waals surface area (Å²) in [4.78, 5) is 31.6. The number of carbonyl (C=O) groups excluding carboxylic acids is 2. The highest BCUT2D eigenvalue weighted by molar-refractivity contribution is 7.14. The molecule has 0 saturated heterocycles. The van der Waals surface area contributed by atoms with E-state index in [1.165, 1.54) is 11.3 Å². The Hall–Kier alpha value is -2.26. The minimum Gasteiger partial charge on any atom is -0.376 e. The number of pyridine rings is 1. The zero-order valence-electron chi connectivity index (χ0n) is 19.9. The summed E-state index contributed by atoms with van der Waals surface area (Å²) in [7, 11) is 0. The Bertz CT molecular complexity index is 1070. The molecule has 2 aromatic rings. The van der Waals surface area contributed by atoms with E-state index < -0.39 is 23.9 Å². The lowest BCUT2D eigenvalue weighted by molar-refractivity contribution is -0.124. The van der Waals surface area contributed by atoms with Crippen molar-refractivity contribution in [1.82, 2.24) is 15.6 Å². The topological polar surface area (TPSA) is 83.1 Å². The predicted octanol–water partition coefficient (Wildman–Crippen LogP) is 5.87. The number of hydrogen-bond acceptors (Lipinski definition) is 5. The van der Waals surface area contributed by atoms with E-state index in [9.17, 15) is 18.4 Å². The van der Waals surface area contributed by atoms with Crippen molar-refractivity contribution < 1.29 is 18.4 Å². The predicted molar refractivity (Wildman–Crippen MR) is 134 cm³/mol. The van der Waals surface area contributed by atoms with Gasteiger partial charge in [0.1, 0.15) is 6.04 Å². The van der Waals surface area contributed by atoms with Crippen LogP contribution in [-0.2, 0) is 4.79 Å². The average molecular weight is 525 g/mol. The van der Waals surface area contributed by atoms with Gasteiger partial charge < -0.3 is 16.0 Å². The van der Waals surface area contributed by atoms with Crippen LogP contribution in [0.4, 0.5) is 14.5 Å². The molecule has 0 aromatic carbocycles. The summed E-state index contributed by atoms with van der Waals surface area (Å²) in [6.45, 7) is 3.94. The van der Waals surface area contributed by atoms with Crippen molar-refractivity contribution in [1.29, 1.82) is 0 Å². The van der Waals surface area contributed by atoms with Crippen LogP contribution in [0.25, 0.3) is 0 Å². The number of thiophene rings is 1. The van der Waals surface area contributed by atoms with Gasteiger partial charge in [0.15, 0.2) is 0 Å². The average Bonchev–Trinajstić information content (AvgIpc) is 3.25. The molecule has 2 amide bonds. The fraction of sp³-hybridized carbons (Fsp3) is 0.560. The third-order valence-corrected chi connectivity index (χ3v) is 8.20. The lowest BCUT2D eigenvalue weighted by atomic mass is 9.97. The van der Waals surface area contributed by atoms with E-state index in [1.54, 1.807) is 12.3 Å². The van der Waals surface area contributed by atoms with Gasteiger partial charge in [0.2, 0.25) is 5.91 Å². The van der Waals surface area contributed by atoms with Crippen molar-refractivity contribution in [2.75, 3.05) is 5.32 Å². The molecule has 0 aliphatic heterocycles. The number of carbonyl (C=O) groups is 2. The number of rotatable bonds is 10. The molecular weight excluding hydrogens is 494 g/mol. The zero-order chi connectivity index (χ0) is 25.2. The fourth-order valence-electron chi connectivity index (χ4n) is 4.56. The highest BCUT2D eigenvalue weighted by Gasteiger charge is 2.58. The molecule has 10 heteroatoms. The normalized spacial score (nSPS) is 20.8. The van der Waals surface area contributed by atoms with Gasteiger partial charge in [0.05, 0.1) is 33.4 Å². The van der Waals surface area contributed by atoms with E-state index in [0.29, 0.717) is 22.2 Å². The van der Waals surface area contributed by atoms with Crippen LogP contribution in [-0.4, -0.2) is 34.8 Å². The van der Waals surface area contributed by atoms with Gasteiger partial charge in [-0.25, -0.2) is 8.78 Å². The van der Waals surface area contributed by atoms with Gasteiger partial charge in [-0.05, 0) is 43.9 Å². The van der Waals surface area contributed by atoms with Crippen molar-refractivity contribution in [2.45, 2.75) is 82.8 Å². The van der Waals surface area contributed by atoms with Crippen LogP contribution in [0.1, 0.15) is 78.2 Å². The molecule has 4 rings (SSSR count). The molecule has 2 saturated carbocycles. The zero-order valence-corrected chi connectivity index (χ0v) is 21.4. The largest absolute Gasteiger partial charge is 0.376 e. The maximum Gasteiger partial charge on any atom is 0.270 e. The van der Waals surface area contributed by atoms with Gasteiger partial charge in [-0.3, -0.25) is 14.6 Å². The number of hydrogen-bond donors (Lipinski definition) is 3. The van der Waals surface area contributed by atoms with Crippen LogP contribution in [0.2, 0.25) is 5.02 Å². The number of anilines is 1. The molecule has 0 spiro atoms. The number of nitrogens with zero attached hydrogens (tertiary/aromatic N) is 1. The van der Waals surface area contributed by atoms with Crippen molar-refractivity contribution >= 4 is 40.4 Å². The smallest absolute Gasteiger partial charge is 0.270 e. The minimum absolute atomic E-state index is 0.0461. The summed E-state index contributed by atoms with van der Waals surface area (Å²) in [5.41, 5.74) is 1.65. The van der Waals surface area contributed by atoms with E-state index in [0.717, 1.165) is 48.4 Å². The number of aromatic nitrogens is 1. The van der Waals surface area contributed by atoms with Crippen molar-refractivity contribution in [3.8, 4) is 0 Å². The minimum atomic E-state index is -2.85. The van der Waals surface area contributed by atoms with E-state index in [1.807, 2.05) is 26.0 Å². The maximum atomic E-state index is 13.4. The summed E-state index contributed by atoms with van der Waals surface area (Å²) in [5.74, 6) is -3.43. The van der Waals surface area contributed by atoms with Gasteiger partial charge in [-0.15, -0.1) is 11.3 Å². The molecule has 2 aliphatic rings. The molecule has 6 nitrogen and oxygen atoms in total. The van der Waals surface area contributed by atoms with E-state index in [2.05, 4.69) is 20.9 Å². The molecule has 35 heavy (non-hydrogen) atoms. The van der Waals surface area contributed by atoms with Gasteiger partial charge in [-0.2, -0.15) is 0 Å². The molecule has 2 fully saturated rings. The Morgan fingerprint density at radius 3 is 2.66 bits per heavy atom. The van der Waals surface area contributed by atoms with Crippen molar-refractivity contribution in [3.05, 3.63) is 44.9 Å². The molecule has 3 N–H and O–H groups in total. The Morgan fingerprint density at radius 2 is 2.00 bits per heavy atom. The molecule has 190 valence electrons. The van der Waals surface area contributed by atoms with Gasteiger partial charge in [0.25, 0.3) is 11.8 Å². The summed E-state index contributed by atoms with van der Waals surface area (Å²) >= 11 is 7.44. The lowest BCUT2D eigenvalue weighted by Gasteiger charge is -2.21. The first-order valence-corrected chi connectivity index (χ1v) is 13.3. The molecular formula is C25H31ClF2N4O2S. The molecule has 2 heterocycles. The van der Waals surface area contributed by atoms with E-state index in [4.69, 9.17) is 11.6 Å². The number of aryl methyl sites for hydroxylation is 1. The summed E-state index contributed by atoms with van der Waals surface area (Å²) in [6.07, 6.45) is 6.66. The maximum absolute atomic E-state index is 13.4. The first-order chi connectivity index (χ1) is 16.7. The highest BCUT2D eigenvalue weighted by atomic mass is 35.5. The molecule has 0 radical (unpaired) electrons. The Kier molecular flexibility index (Phi) is 7.96. The first kappa shape index (κ1) is 25.8. The second-order valence-electron chi connectivity index (χ2n) is 9.53. The summed E-state index contributed by atoms with van der Waals surface area (Å²) in [5, 5.41) is 9.22. The van der Waals surface area contributed by atoms with Crippen LogP contribution in [0.15, 0.2) is 24.4 Å². The van der Waals surface area contributed by atoms with Crippen LogP contribution in [0.3, 0.4) is 0 Å². The standard InChI is InChI=1S/C25H31ClF2N4O2S/c1-3-17(30-18-11-16(26)13-29-14(18)2)20-8-9-21(35-20)24(34)31-19(10-15-6-4-5-7-15)23(33)32-22-12-25(22,27)28/h8-9,11,13,15,17,19,22,30H,3-7,10,12H2,1-2H3,(H,31,34)(H,32,33)/t17?,19?,22-/m0/s1. The first-order valence-electron chi connectivity index (χ1n) is 12.1. The quantitative estimate of drug-likeness (QED) is 0.363. The van der Waals surface area contributed by atoms with E-state index in [-0.39, 0.29) is 18.4 Å². The van der Waals surface area contributed by atoms with Gasteiger partial charge in [-0.1, -0.05) is 44.2 Å². The fourth-order valence-corrected chi connectivity index (χ4v) is 5.76. The van der Waals surface area contributed by atoms with Crippen LogP contribution in [0, 0.1) is 12.8 Å². The molecule has 2 unspecified atom stereocenters. The lowest BCUT2D eigenvalue weighted by Crippen LogP contribution is -2.48. The van der Waals surface area contributed by atoms with Crippen LogP contribution >= 0.6 is 22.9 Å². The number of halogens is 3. The Labute approximate surface area is 213 Å². The van der Waals surface area contributed by atoms with Crippen LogP contribution < -0.4 is 16.0 Å². The number of amides is 2. The van der Waals surface area contributed by atoms with Gasteiger partial charge in [0, 0.05) is 17.5 Å². The van der Waals surface area contributed by atoms with Gasteiger partial charge >= 0.3 is 0 Å². The highest BCUT2D eigenvalue weighted by Crippen LogP contribution is 2.41. The second kappa shape index (κ2) is 10.8. The van der Waals surface area contributed by atoms with Crippen molar-refractivity contribution in [3.63, 3.8) is 0 Å². The number of nitrogens with one attached hydrogen (secondary N) is 3. The number of alkyl halides is 2. The van der Waals surface area contributed by atoms with E-state index >= 15 is 0 Å². The molecule has 0 bridgehead atoms. The van der Waals surface area contributed by atoms with Crippen molar-refractivity contribution in [2.24, 2.45) is 5.92 Å². The molecule has 2 aliphatic carbocycles. The monoisotopic (exact) mass is 524 g/mol. The molecule has 3 atom stereocenters. The summed E-state index contributed by atoms with van der Waals surface area (Å²) in [6, 6.07) is 3.45. The molecule has 2 aromatic heterocycles. The van der Waals surface area contributed by atoms with Crippen LogP contribution in [0.5, 0.6) is 0 Å². The third-order valence-electron chi connectivity index (χ3n) is 6.79. The second-order valence-corrected chi connectivity index (χ2v) is 11.1. The Morgan fingerprint density at radius 1 is 1.29 bits per heavy atom. The SMILES string of the molecule is CCC(Nc1cc(Cl)cnc1C)c1ccc(C(=O)NC(CC2CCCC2)C(=O)N[C@H]2CC2(F)F)s1. The Balaban J connectivity index is 1.43.